The second-order valence-electron chi connectivity index (χ2n) is 5.86. The molecule has 4 nitrogen and oxygen atoms in total. The predicted molar refractivity (Wildman–Crippen MR) is 107 cm³/mol. The van der Waals surface area contributed by atoms with Gasteiger partial charge in [-0.25, -0.2) is 4.79 Å². The van der Waals surface area contributed by atoms with E-state index in [1.165, 1.54) is 9.80 Å². The molecule has 0 aromatic heterocycles. The Bertz CT molecular complexity index is 806. The van der Waals surface area contributed by atoms with Gasteiger partial charge in [0.25, 0.3) is 5.91 Å². The number of hydrogen-bond donors (Lipinski definition) is 0. The van der Waals surface area contributed by atoms with Crippen molar-refractivity contribution in [2.45, 2.75) is 13.8 Å². The molecular formula is C21H20N2O2S. The molecule has 1 aliphatic rings. The highest BCUT2D eigenvalue weighted by atomic mass is 32.1. The second-order valence-corrected chi connectivity index (χ2v) is 6.25. The standard InChI is InChI=1S/C21H20N2O2S/c1-3-22-19(24)18(20(26)23(4-2)21(22)25)17(15-11-7-5-8-12-15)16-13-9-6-10-14-16/h5-14H,3-4H2,1-2H3. The van der Waals surface area contributed by atoms with Crippen LogP contribution in [0.4, 0.5) is 4.79 Å². The number of carbonyl (C=O) groups excluding carboxylic acids is 2. The summed E-state index contributed by atoms with van der Waals surface area (Å²) in [5.74, 6) is -0.338. The Morgan fingerprint density at radius 3 is 1.69 bits per heavy atom. The molecule has 132 valence electrons. The average molecular weight is 364 g/mol. The molecule has 1 aliphatic heterocycles. The number of likely N-dealkylation sites (N-methyl/N-ethyl adjacent to an activating group) is 2. The topological polar surface area (TPSA) is 40.6 Å². The lowest BCUT2D eigenvalue weighted by molar-refractivity contribution is -0.124. The van der Waals surface area contributed by atoms with Crippen molar-refractivity contribution in [2.75, 3.05) is 13.1 Å². The van der Waals surface area contributed by atoms with Crippen LogP contribution in [0.1, 0.15) is 25.0 Å². The molecular weight excluding hydrogens is 344 g/mol. The van der Waals surface area contributed by atoms with Crippen molar-refractivity contribution in [3.63, 3.8) is 0 Å². The summed E-state index contributed by atoms with van der Waals surface area (Å²) in [7, 11) is 0. The summed E-state index contributed by atoms with van der Waals surface area (Å²) in [6.07, 6.45) is 0. The number of nitrogens with zero attached hydrogens (tertiary/aromatic N) is 2. The van der Waals surface area contributed by atoms with Crippen LogP contribution in [0.25, 0.3) is 5.57 Å². The van der Waals surface area contributed by atoms with Gasteiger partial charge in [-0.05, 0) is 25.0 Å². The van der Waals surface area contributed by atoms with E-state index < -0.39 is 0 Å². The molecule has 0 radical (unpaired) electrons. The normalized spacial score (nSPS) is 14.8. The number of carbonyl (C=O) groups is 2. The highest BCUT2D eigenvalue weighted by molar-refractivity contribution is 7.81. The molecule has 5 heteroatoms. The van der Waals surface area contributed by atoms with Crippen LogP contribution >= 0.6 is 12.2 Å². The van der Waals surface area contributed by atoms with E-state index >= 15 is 0 Å². The maximum absolute atomic E-state index is 13.2. The van der Waals surface area contributed by atoms with Gasteiger partial charge in [-0.2, -0.15) is 0 Å². The summed E-state index contributed by atoms with van der Waals surface area (Å²) in [4.78, 5) is 28.8. The van der Waals surface area contributed by atoms with Crippen LogP contribution in [0.3, 0.4) is 0 Å². The zero-order chi connectivity index (χ0) is 18.7. The molecule has 2 aromatic rings. The number of imide groups is 1. The Kier molecular flexibility index (Phi) is 5.28. The number of benzene rings is 2. The van der Waals surface area contributed by atoms with Crippen molar-refractivity contribution in [2.24, 2.45) is 0 Å². The van der Waals surface area contributed by atoms with Crippen molar-refractivity contribution in [3.8, 4) is 0 Å². The van der Waals surface area contributed by atoms with Gasteiger partial charge in [-0.15, -0.1) is 0 Å². The van der Waals surface area contributed by atoms with Crippen molar-refractivity contribution >= 4 is 34.7 Å². The first-order chi connectivity index (χ1) is 12.6. The Morgan fingerprint density at radius 2 is 1.27 bits per heavy atom. The summed E-state index contributed by atoms with van der Waals surface area (Å²) < 4.78 is 0. The minimum atomic E-state index is -0.353. The number of hydrogen-bond acceptors (Lipinski definition) is 3. The van der Waals surface area contributed by atoms with Crippen LogP contribution < -0.4 is 0 Å². The Hall–Kier alpha value is -2.79. The van der Waals surface area contributed by atoms with Crippen LogP contribution in [-0.2, 0) is 4.79 Å². The molecule has 1 fully saturated rings. The average Bonchev–Trinajstić information content (AvgIpc) is 2.67. The van der Waals surface area contributed by atoms with E-state index in [1.807, 2.05) is 67.6 Å². The highest BCUT2D eigenvalue weighted by Gasteiger charge is 2.39. The quantitative estimate of drug-likeness (QED) is 0.605. The van der Waals surface area contributed by atoms with E-state index in [-0.39, 0.29) is 16.9 Å². The minimum absolute atomic E-state index is 0.287. The molecule has 0 bridgehead atoms. The van der Waals surface area contributed by atoms with Gasteiger partial charge in [0.05, 0.1) is 5.57 Å². The van der Waals surface area contributed by atoms with Crippen molar-refractivity contribution in [1.82, 2.24) is 9.80 Å². The largest absolute Gasteiger partial charge is 0.332 e. The first-order valence-electron chi connectivity index (χ1n) is 8.62. The number of rotatable bonds is 4. The van der Waals surface area contributed by atoms with Crippen LogP contribution in [0, 0.1) is 0 Å². The summed E-state index contributed by atoms with van der Waals surface area (Å²) in [5.41, 5.74) is 2.95. The zero-order valence-corrected chi connectivity index (χ0v) is 15.6. The van der Waals surface area contributed by atoms with Crippen LogP contribution in [-0.4, -0.2) is 39.8 Å². The summed E-state index contributed by atoms with van der Waals surface area (Å²) in [5, 5.41) is 0. The molecule has 3 rings (SSSR count). The third-order valence-corrected chi connectivity index (χ3v) is 4.81. The smallest absolute Gasteiger partial charge is 0.284 e. The molecule has 0 saturated carbocycles. The SMILES string of the molecule is CCN1C(=O)C(=C(c2ccccc2)c2ccccc2)C(=S)N(CC)C1=O. The lowest BCUT2D eigenvalue weighted by Gasteiger charge is -2.36. The van der Waals surface area contributed by atoms with Crippen LogP contribution in [0.15, 0.2) is 66.2 Å². The third-order valence-electron chi connectivity index (χ3n) is 4.39. The van der Waals surface area contributed by atoms with Gasteiger partial charge in [0.15, 0.2) is 0 Å². The molecule has 26 heavy (non-hydrogen) atoms. The molecule has 2 aromatic carbocycles. The van der Waals surface area contributed by atoms with E-state index in [1.54, 1.807) is 6.92 Å². The van der Waals surface area contributed by atoms with E-state index in [2.05, 4.69) is 0 Å². The maximum Gasteiger partial charge on any atom is 0.332 e. The molecule has 1 heterocycles. The third kappa shape index (κ3) is 3.06. The van der Waals surface area contributed by atoms with Gasteiger partial charge in [-0.3, -0.25) is 14.6 Å². The molecule has 0 atom stereocenters. The van der Waals surface area contributed by atoms with Crippen molar-refractivity contribution in [1.29, 1.82) is 0 Å². The fraction of sp³-hybridized carbons (Fsp3) is 0.190. The lowest BCUT2D eigenvalue weighted by atomic mass is 9.91. The fourth-order valence-corrected chi connectivity index (χ4v) is 3.51. The van der Waals surface area contributed by atoms with E-state index in [9.17, 15) is 9.59 Å². The van der Waals surface area contributed by atoms with Gasteiger partial charge >= 0.3 is 6.03 Å². The monoisotopic (exact) mass is 364 g/mol. The van der Waals surface area contributed by atoms with Crippen molar-refractivity contribution < 1.29 is 9.59 Å². The molecule has 0 aliphatic carbocycles. The second kappa shape index (κ2) is 7.62. The maximum atomic E-state index is 13.2. The highest BCUT2D eigenvalue weighted by Crippen LogP contribution is 2.32. The van der Waals surface area contributed by atoms with E-state index in [4.69, 9.17) is 12.2 Å². The molecule has 0 spiro atoms. The van der Waals surface area contributed by atoms with E-state index in [0.29, 0.717) is 18.7 Å². The van der Waals surface area contributed by atoms with Gasteiger partial charge in [0.2, 0.25) is 0 Å². The Morgan fingerprint density at radius 1 is 0.808 bits per heavy atom. The number of thiocarbonyl (C=S) groups is 1. The molecule has 1 saturated heterocycles. The lowest BCUT2D eigenvalue weighted by Crippen LogP contribution is -2.55. The zero-order valence-electron chi connectivity index (χ0n) is 14.8. The van der Waals surface area contributed by atoms with Crippen LogP contribution in [0.2, 0.25) is 0 Å². The van der Waals surface area contributed by atoms with Gasteiger partial charge in [0.1, 0.15) is 4.99 Å². The Balaban J connectivity index is 2.31. The van der Waals surface area contributed by atoms with Gasteiger partial charge in [-0.1, -0.05) is 72.9 Å². The summed E-state index contributed by atoms with van der Waals surface area (Å²) in [6, 6.07) is 19.0. The molecule has 0 N–H and O–H groups in total. The minimum Gasteiger partial charge on any atom is -0.284 e. The summed E-state index contributed by atoms with van der Waals surface area (Å²) >= 11 is 5.58. The van der Waals surface area contributed by atoms with E-state index in [0.717, 1.165) is 16.7 Å². The fourth-order valence-electron chi connectivity index (χ4n) is 3.12. The van der Waals surface area contributed by atoms with Crippen LogP contribution in [0.5, 0.6) is 0 Å². The van der Waals surface area contributed by atoms with Gasteiger partial charge < -0.3 is 0 Å². The number of amides is 3. The first-order valence-corrected chi connectivity index (χ1v) is 9.03. The predicted octanol–water partition coefficient (Wildman–Crippen LogP) is 4.12. The molecule has 0 unspecified atom stereocenters. The molecule has 3 amide bonds. The van der Waals surface area contributed by atoms with Crippen molar-refractivity contribution in [3.05, 3.63) is 77.4 Å². The number of urea groups is 1. The Labute approximate surface area is 158 Å². The first kappa shape index (κ1) is 18.0. The summed E-state index contributed by atoms with van der Waals surface area (Å²) in [6.45, 7) is 4.37. The van der Waals surface area contributed by atoms with Gasteiger partial charge in [0, 0.05) is 18.7 Å².